The molecule has 0 aromatic carbocycles. The summed E-state index contributed by atoms with van der Waals surface area (Å²) in [6.07, 6.45) is 0. The fraction of sp³-hybridized carbons (Fsp3) is 0.545. The van der Waals surface area contributed by atoms with Crippen molar-refractivity contribution in [3.05, 3.63) is 27.8 Å². The van der Waals surface area contributed by atoms with Gasteiger partial charge in [-0.3, -0.25) is 9.69 Å². The molecule has 2 heterocycles. The van der Waals surface area contributed by atoms with Crippen LogP contribution < -0.4 is 5.43 Å². The normalized spacial score (nSPS) is 17.2. The predicted octanol–water partition coefficient (Wildman–Crippen LogP) is -0.330. The summed E-state index contributed by atoms with van der Waals surface area (Å²) >= 11 is 0. The van der Waals surface area contributed by atoms with Gasteiger partial charge < -0.3 is 19.4 Å². The molecule has 1 saturated heterocycles. The Morgan fingerprint density at radius 1 is 1.35 bits per heavy atom. The van der Waals surface area contributed by atoms with E-state index >= 15 is 0 Å². The van der Waals surface area contributed by atoms with Crippen LogP contribution in [-0.4, -0.2) is 41.4 Å². The van der Waals surface area contributed by atoms with Gasteiger partial charge in [0.25, 0.3) is 0 Å². The van der Waals surface area contributed by atoms with Gasteiger partial charge in [-0.15, -0.1) is 0 Å². The number of morpholine rings is 1. The Labute approximate surface area is 98.0 Å². The van der Waals surface area contributed by atoms with Crippen LogP contribution in [0.2, 0.25) is 0 Å². The molecule has 2 N–H and O–H groups in total. The lowest BCUT2D eigenvalue weighted by atomic mass is 10.3. The maximum Gasteiger partial charge on any atom is 0.227 e. The summed E-state index contributed by atoms with van der Waals surface area (Å²) in [5, 5.41) is 18.5. The first-order valence-electron chi connectivity index (χ1n) is 5.46. The van der Waals surface area contributed by atoms with Crippen molar-refractivity contribution in [2.75, 3.05) is 26.3 Å². The highest BCUT2D eigenvalue weighted by atomic mass is 16.5. The number of rotatable bonds is 3. The first-order chi connectivity index (χ1) is 8.20. The zero-order chi connectivity index (χ0) is 12.3. The molecule has 0 bridgehead atoms. The predicted molar refractivity (Wildman–Crippen MR) is 58.7 cm³/mol. The van der Waals surface area contributed by atoms with E-state index in [4.69, 9.17) is 14.3 Å². The van der Waals surface area contributed by atoms with Crippen LogP contribution in [0.5, 0.6) is 5.75 Å². The molecule has 94 valence electrons. The fourth-order valence-corrected chi connectivity index (χ4v) is 1.74. The second-order valence-electron chi connectivity index (χ2n) is 3.90. The second kappa shape index (κ2) is 5.31. The largest absolute Gasteiger partial charge is 0.502 e. The molecule has 0 radical (unpaired) electrons. The van der Waals surface area contributed by atoms with Gasteiger partial charge in [0.1, 0.15) is 12.4 Å². The molecule has 0 spiro atoms. The number of nitrogens with zero attached hydrogens (tertiary/aromatic N) is 1. The van der Waals surface area contributed by atoms with Crippen LogP contribution in [-0.2, 0) is 17.9 Å². The molecule has 1 aliphatic heterocycles. The molecule has 6 heteroatoms. The van der Waals surface area contributed by atoms with Crippen molar-refractivity contribution < 1.29 is 19.4 Å². The zero-order valence-corrected chi connectivity index (χ0v) is 9.39. The number of aliphatic hydroxyl groups excluding tert-OH is 1. The van der Waals surface area contributed by atoms with Gasteiger partial charge in [-0.05, 0) is 0 Å². The molecular weight excluding hydrogens is 226 g/mol. The van der Waals surface area contributed by atoms with Crippen molar-refractivity contribution in [3.63, 3.8) is 0 Å². The quantitative estimate of drug-likeness (QED) is 0.754. The Morgan fingerprint density at radius 3 is 2.71 bits per heavy atom. The van der Waals surface area contributed by atoms with Crippen molar-refractivity contribution in [1.29, 1.82) is 0 Å². The Kier molecular flexibility index (Phi) is 3.78. The number of ether oxygens (including phenoxy) is 1. The van der Waals surface area contributed by atoms with E-state index in [1.54, 1.807) is 0 Å². The third kappa shape index (κ3) is 2.85. The Balaban J connectivity index is 2.18. The Morgan fingerprint density at radius 2 is 2.06 bits per heavy atom. The minimum Gasteiger partial charge on any atom is -0.502 e. The van der Waals surface area contributed by atoms with Crippen molar-refractivity contribution in [3.8, 4) is 5.75 Å². The van der Waals surface area contributed by atoms with E-state index in [-0.39, 0.29) is 23.9 Å². The fourth-order valence-electron chi connectivity index (χ4n) is 1.74. The van der Waals surface area contributed by atoms with Crippen molar-refractivity contribution in [2.45, 2.75) is 13.2 Å². The van der Waals surface area contributed by atoms with Crippen molar-refractivity contribution in [1.82, 2.24) is 4.90 Å². The van der Waals surface area contributed by atoms with Gasteiger partial charge in [0.2, 0.25) is 11.2 Å². The van der Waals surface area contributed by atoms with E-state index in [9.17, 15) is 9.90 Å². The number of aromatic hydroxyl groups is 1. The molecule has 0 saturated carbocycles. The van der Waals surface area contributed by atoms with Gasteiger partial charge in [-0.25, -0.2) is 0 Å². The monoisotopic (exact) mass is 241 g/mol. The molecule has 6 nitrogen and oxygen atoms in total. The van der Waals surface area contributed by atoms with Crippen molar-refractivity contribution >= 4 is 0 Å². The number of hydrogen-bond donors (Lipinski definition) is 2. The molecule has 0 amide bonds. The first-order valence-corrected chi connectivity index (χ1v) is 5.46. The highest BCUT2D eigenvalue weighted by Gasteiger charge is 2.17. The van der Waals surface area contributed by atoms with Crippen LogP contribution in [0.1, 0.15) is 11.5 Å². The lowest BCUT2D eigenvalue weighted by Crippen LogP contribution is -2.35. The second-order valence-corrected chi connectivity index (χ2v) is 3.90. The molecule has 2 rings (SSSR count). The van der Waals surface area contributed by atoms with E-state index in [2.05, 4.69) is 0 Å². The first kappa shape index (κ1) is 12.1. The maximum atomic E-state index is 11.4. The van der Waals surface area contributed by atoms with Gasteiger partial charge in [0.15, 0.2) is 5.76 Å². The molecule has 17 heavy (non-hydrogen) atoms. The van der Waals surface area contributed by atoms with E-state index in [1.165, 1.54) is 0 Å². The average Bonchev–Trinajstić information content (AvgIpc) is 2.36. The van der Waals surface area contributed by atoms with Crippen LogP contribution in [0.15, 0.2) is 15.3 Å². The summed E-state index contributed by atoms with van der Waals surface area (Å²) in [5.74, 6) is -0.0202. The van der Waals surface area contributed by atoms with Gasteiger partial charge >= 0.3 is 0 Å². The summed E-state index contributed by atoms with van der Waals surface area (Å²) in [4.78, 5) is 13.4. The maximum absolute atomic E-state index is 11.4. The molecular formula is C11H15NO5. The highest BCUT2D eigenvalue weighted by molar-refractivity contribution is 5.24. The van der Waals surface area contributed by atoms with Gasteiger partial charge in [0.05, 0.1) is 19.8 Å². The lowest BCUT2D eigenvalue weighted by Gasteiger charge is -2.26. The smallest absolute Gasteiger partial charge is 0.227 e. The average molecular weight is 241 g/mol. The summed E-state index contributed by atoms with van der Waals surface area (Å²) in [7, 11) is 0. The van der Waals surface area contributed by atoms with Gasteiger partial charge in [0, 0.05) is 19.2 Å². The number of hydrogen-bond acceptors (Lipinski definition) is 6. The zero-order valence-electron chi connectivity index (χ0n) is 9.39. The van der Waals surface area contributed by atoms with Crippen molar-refractivity contribution in [2.24, 2.45) is 0 Å². The molecule has 0 atom stereocenters. The van der Waals surface area contributed by atoms with Gasteiger partial charge in [-0.2, -0.15) is 0 Å². The van der Waals surface area contributed by atoms with E-state index in [0.29, 0.717) is 19.8 Å². The number of aliphatic hydroxyl groups is 1. The summed E-state index contributed by atoms with van der Waals surface area (Å²) in [6.45, 7) is 2.71. The minimum absolute atomic E-state index is 0.163. The SMILES string of the molecule is O=c1cc(CO)oc(CN2CCOCC2)c1O. The molecule has 0 aliphatic carbocycles. The van der Waals surface area contributed by atoms with E-state index < -0.39 is 5.43 Å². The van der Waals surface area contributed by atoms with Crippen LogP contribution in [0.25, 0.3) is 0 Å². The molecule has 0 unspecified atom stereocenters. The van der Waals surface area contributed by atoms with E-state index in [0.717, 1.165) is 19.2 Å². The summed E-state index contributed by atoms with van der Waals surface area (Å²) in [6, 6.07) is 1.10. The third-order valence-corrected chi connectivity index (χ3v) is 2.67. The van der Waals surface area contributed by atoms with Crippen LogP contribution in [0.4, 0.5) is 0 Å². The van der Waals surface area contributed by atoms with Crippen LogP contribution >= 0.6 is 0 Å². The van der Waals surface area contributed by atoms with Crippen LogP contribution in [0, 0.1) is 0 Å². The molecule has 1 fully saturated rings. The minimum atomic E-state index is -0.524. The Hall–Kier alpha value is -1.37. The topological polar surface area (TPSA) is 83.1 Å². The highest BCUT2D eigenvalue weighted by Crippen LogP contribution is 2.16. The van der Waals surface area contributed by atoms with Gasteiger partial charge in [-0.1, -0.05) is 0 Å². The van der Waals surface area contributed by atoms with Crippen LogP contribution in [0.3, 0.4) is 0 Å². The van der Waals surface area contributed by atoms with E-state index in [1.807, 2.05) is 4.90 Å². The summed E-state index contributed by atoms with van der Waals surface area (Å²) in [5.41, 5.74) is -0.524. The summed E-state index contributed by atoms with van der Waals surface area (Å²) < 4.78 is 10.5. The Bertz CT molecular complexity index is 436. The molecule has 1 aromatic rings. The lowest BCUT2D eigenvalue weighted by molar-refractivity contribution is 0.0300. The molecule has 1 aliphatic rings. The standard InChI is InChI=1S/C11H15NO5/c13-7-8-5-9(14)11(15)10(17-8)6-12-1-3-16-4-2-12/h5,13,15H,1-4,6-7H2. The molecule has 1 aromatic heterocycles. The third-order valence-electron chi connectivity index (χ3n) is 2.67.